The first kappa shape index (κ1) is 30.0. The molecule has 13 nitrogen and oxygen atoms in total. The van der Waals surface area contributed by atoms with Crippen LogP contribution < -0.4 is 27.4 Å². The summed E-state index contributed by atoms with van der Waals surface area (Å²) < 4.78 is 0. The van der Waals surface area contributed by atoms with Gasteiger partial charge in [-0.25, -0.2) is 9.78 Å². The fraction of sp³-hybridized carbons (Fsp3) is 0.440. The van der Waals surface area contributed by atoms with Crippen molar-refractivity contribution in [2.24, 2.45) is 17.4 Å². The minimum Gasteiger partial charge on any atom is -0.480 e. The summed E-state index contributed by atoms with van der Waals surface area (Å²) in [5.74, 6) is -4.33. The van der Waals surface area contributed by atoms with E-state index in [1.165, 1.54) is 12.5 Å². The molecule has 1 aromatic carbocycles. The SMILES string of the molecule is CC(C)CC(N)C(=O)NC(Cc1cnc[nH]1)C(=O)NC(CC(N)=O)C(=O)NC(Cc1ccccc1)C(=O)O. The van der Waals surface area contributed by atoms with E-state index in [-0.39, 0.29) is 18.8 Å². The highest BCUT2D eigenvalue weighted by Crippen LogP contribution is 2.07. The minimum absolute atomic E-state index is 0.0113. The Hall–Kier alpha value is -4.26. The van der Waals surface area contributed by atoms with E-state index in [0.29, 0.717) is 17.7 Å². The number of nitrogens with one attached hydrogen (secondary N) is 4. The van der Waals surface area contributed by atoms with Crippen molar-refractivity contribution >= 4 is 29.6 Å². The average molecular weight is 530 g/mol. The van der Waals surface area contributed by atoms with Gasteiger partial charge >= 0.3 is 5.97 Å². The lowest BCUT2D eigenvalue weighted by molar-refractivity contribution is -0.142. The zero-order valence-corrected chi connectivity index (χ0v) is 21.3. The third kappa shape index (κ3) is 10.0. The Bertz CT molecular complexity index is 1090. The van der Waals surface area contributed by atoms with Crippen molar-refractivity contribution in [2.75, 3.05) is 0 Å². The predicted molar refractivity (Wildman–Crippen MR) is 137 cm³/mol. The van der Waals surface area contributed by atoms with Gasteiger partial charge in [-0.15, -0.1) is 0 Å². The fourth-order valence-electron chi connectivity index (χ4n) is 3.72. The maximum Gasteiger partial charge on any atom is 0.326 e. The van der Waals surface area contributed by atoms with Crippen LogP contribution in [0.1, 0.15) is 37.9 Å². The number of carboxylic acid groups (broad SMARTS) is 1. The molecule has 0 saturated heterocycles. The average Bonchev–Trinajstić information content (AvgIpc) is 3.35. The number of aliphatic carboxylic acids is 1. The number of H-pyrrole nitrogens is 1. The second-order valence-electron chi connectivity index (χ2n) is 9.40. The summed E-state index contributed by atoms with van der Waals surface area (Å²) in [7, 11) is 0. The Morgan fingerprint density at radius 2 is 1.53 bits per heavy atom. The molecule has 4 atom stereocenters. The number of primary amides is 1. The number of imidazole rings is 1. The second kappa shape index (κ2) is 14.5. The van der Waals surface area contributed by atoms with Crippen molar-refractivity contribution in [1.82, 2.24) is 25.9 Å². The van der Waals surface area contributed by atoms with Crippen LogP contribution in [0.4, 0.5) is 0 Å². The predicted octanol–water partition coefficient (Wildman–Crippen LogP) is -1.02. The molecule has 0 aliphatic carbocycles. The van der Waals surface area contributed by atoms with Gasteiger partial charge in [0, 0.05) is 24.7 Å². The number of nitrogens with zero attached hydrogens (tertiary/aromatic N) is 1. The molecule has 0 aliphatic rings. The molecule has 38 heavy (non-hydrogen) atoms. The Labute approximate surface area is 220 Å². The van der Waals surface area contributed by atoms with Crippen molar-refractivity contribution in [2.45, 2.75) is 63.7 Å². The lowest BCUT2D eigenvalue weighted by atomic mass is 10.0. The van der Waals surface area contributed by atoms with Gasteiger partial charge in [-0.1, -0.05) is 44.2 Å². The van der Waals surface area contributed by atoms with Crippen LogP contribution in [0.2, 0.25) is 0 Å². The molecule has 4 amide bonds. The van der Waals surface area contributed by atoms with Crippen LogP contribution >= 0.6 is 0 Å². The number of carbonyl (C=O) groups excluding carboxylic acids is 4. The molecule has 0 radical (unpaired) electrons. The largest absolute Gasteiger partial charge is 0.480 e. The van der Waals surface area contributed by atoms with E-state index >= 15 is 0 Å². The van der Waals surface area contributed by atoms with Crippen LogP contribution in [0.3, 0.4) is 0 Å². The maximum atomic E-state index is 13.2. The summed E-state index contributed by atoms with van der Waals surface area (Å²) >= 11 is 0. The van der Waals surface area contributed by atoms with Gasteiger partial charge < -0.3 is 37.5 Å². The van der Waals surface area contributed by atoms with Gasteiger partial charge in [-0.3, -0.25) is 19.2 Å². The van der Waals surface area contributed by atoms with Crippen LogP contribution in [0.25, 0.3) is 0 Å². The molecule has 0 spiro atoms. The van der Waals surface area contributed by atoms with E-state index in [1.807, 2.05) is 13.8 Å². The molecule has 9 N–H and O–H groups in total. The van der Waals surface area contributed by atoms with Crippen LogP contribution in [0.5, 0.6) is 0 Å². The smallest absolute Gasteiger partial charge is 0.326 e. The quantitative estimate of drug-likeness (QED) is 0.151. The maximum absolute atomic E-state index is 13.2. The number of amides is 4. The van der Waals surface area contributed by atoms with E-state index in [9.17, 15) is 29.1 Å². The van der Waals surface area contributed by atoms with Crippen molar-refractivity contribution in [3.63, 3.8) is 0 Å². The highest BCUT2D eigenvalue weighted by atomic mass is 16.4. The number of nitrogens with two attached hydrogens (primary N) is 2. The van der Waals surface area contributed by atoms with Crippen molar-refractivity contribution in [3.8, 4) is 0 Å². The molecule has 206 valence electrons. The number of aromatic amines is 1. The normalized spacial score (nSPS) is 14.1. The van der Waals surface area contributed by atoms with Crippen LogP contribution in [-0.2, 0) is 36.8 Å². The number of hydrogen-bond acceptors (Lipinski definition) is 7. The number of aromatic nitrogens is 2. The van der Waals surface area contributed by atoms with Gasteiger partial charge in [0.15, 0.2) is 0 Å². The van der Waals surface area contributed by atoms with Crippen LogP contribution in [-0.4, -0.2) is 68.8 Å². The topological polar surface area (TPSA) is 222 Å². The summed E-state index contributed by atoms with van der Waals surface area (Å²) in [4.78, 5) is 69.0. The molecule has 0 fully saturated rings. The molecule has 0 aliphatic heterocycles. The van der Waals surface area contributed by atoms with Crippen molar-refractivity contribution < 1.29 is 29.1 Å². The van der Waals surface area contributed by atoms with Gasteiger partial charge in [-0.2, -0.15) is 0 Å². The number of carboxylic acids is 1. The molecular formula is C25H35N7O6. The molecular weight excluding hydrogens is 494 g/mol. The van der Waals surface area contributed by atoms with E-state index in [2.05, 4.69) is 25.9 Å². The first-order chi connectivity index (χ1) is 18.0. The number of hydrogen-bond donors (Lipinski definition) is 7. The van der Waals surface area contributed by atoms with Crippen LogP contribution in [0.15, 0.2) is 42.9 Å². The van der Waals surface area contributed by atoms with Crippen LogP contribution in [0, 0.1) is 5.92 Å². The van der Waals surface area contributed by atoms with E-state index in [1.54, 1.807) is 30.3 Å². The molecule has 0 bridgehead atoms. The van der Waals surface area contributed by atoms with E-state index < -0.39 is 60.2 Å². The summed E-state index contributed by atoms with van der Waals surface area (Å²) in [6, 6.07) is 3.78. The Balaban J connectivity index is 2.19. The molecule has 13 heteroatoms. The molecule has 2 aromatic rings. The summed E-state index contributed by atoms with van der Waals surface area (Å²) in [5.41, 5.74) is 12.4. The first-order valence-corrected chi connectivity index (χ1v) is 12.1. The Kier molecular flexibility index (Phi) is 11.4. The third-order valence-corrected chi connectivity index (χ3v) is 5.61. The van der Waals surface area contributed by atoms with Crippen molar-refractivity contribution in [3.05, 3.63) is 54.1 Å². The Morgan fingerprint density at radius 3 is 2.08 bits per heavy atom. The van der Waals surface area contributed by atoms with Crippen molar-refractivity contribution in [1.29, 1.82) is 0 Å². The second-order valence-corrected chi connectivity index (χ2v) is 9.40. The highest BCUT2D eigenvalue weighted by molar-refractivity contribution is 5.96. The molecule has 4 unspecified atom stereocenters. The Morgan fingerprint density at radius 1 is 0.921 bits per heavy atom. The summed E-state index contributed by atoms with van der Waals surface area (Å²) in [6.07, 6.45) is 2.63. The summed E-state index contributed by atoms with van der Waals surface area (Å²) in [6.45, 7) is 3.80. The van der Waals surface area contributed by atoms with Gasteiger partial charge in [0.05, 0.1) is 18.8 Å². The highest BCUT2D eigenvalue weighted by Gasteiger charge is 2.31. The lowest BCUT2D eigenvalue weighted by Gasteiger charge is -2.25. The zero-order chi connectivity index (χ0) is 28.2. The summed E-state index contributed by atoms with van der Waals surface area (Å²) in [5, 5.41) is 17.0. The van der Waals surface area contributed by atoms with Gasteiger partial charge in [-0.05, 0) is 17.9 Å². The van der Waals surface area contributed by atoms with Gasteiger partial charge in [0.2, 0.25) is 23.6 Å². The number of rotatable bonds is 15. The molecule has 1 heterocycles. The number of benzene rings is 1. The molecule has 2 rings (SSSR count). The minimum atomic E-state index is -1.48. The third-order valence-electron chi connectivity index (χ3n) is 5.61. The molecule has 1 aromatic heterocycles. The molecule has 0 saturated carbocycles. The monoisotopic (exact) mass is 529 g/mol. The number of carbonyl (C=O) groups is 5. The lowest BCUT2D eigenvalue weighted by Crippen LogP contribution is -2.58. The fourth-order valence-corrected chi connectivity index (χ4v) is 3.72. The van der Waals surface area contributed by atoms with E-state index in [4.69, 9.17) is 11.5 Å². The van der Waals surface area contributed by atoms with E-state index in [0.717, 1.165) is 0 Å². The standard InChI is InChI=1S/C25H35N7O6/c1-14(2)8-17(26)22(34)30-18(10-16-12-28-13-29-16)23(35)31-19(11-21(27)33)24(36)32-20(25(37)38)9-15-6-4-3-5-7-15/h3-7,12-14,17-20H,8-11,26H2,1-2H3,(H2,27,33)(H,28,29)(H,30,34)(H,31,35)(H,32,36)(H,37,38). The van der Waals surface area contributed by atoms with Gasteiger partial charge in [0.1, 0.15) is 18.1 Å². The zero-order valence-electron chi connectivity index (χ0n) is 21.3. The first-order valence-electron chi connectivity index (χ1n) is 12.1. The van der Waals surface area contributed by atoms with Gasteiger partial charge in [0.25, 0.3) is 0 Å².